The van der Waals surface area contributed by atoms with Crippen molar-refractivity contribution in [3.8, 4) is 5.75 Å². The highest BCUT2D eigenvalue weighted by Crippen LogP contribution is 2.26. The van der Waals surface area contributed by atoms with Crippen LogP contribution in [0.15, 0.2) is 103 Å². The Morgan fingerprint density at radius 3 is 2.26 bits per heavy atom. The number of hydrogen-bond acceptors (Lipinski definition) is 4. The highest BCUT2D eigenvalue weighted by molar-refractivity contribution is 5.95. The maximum atomic E-state index is 13.9. The third-order valence-corrected chi connectivity index (χ3v) is 6.20. The fourth-order valence-electron chi connectivity index (χ4n) is 4.18. The molecule has 2 aliphatic rings. The Balaban J connectivity index is 1.76. The van der Waals surface area contributed by atoms with E-state index >= 15 is 0 Å². The van der Waals surface area contributed by atoms with Crippen molar-refractivity contribution in [3.05, 3.63) is 120 Å². The van der Waals surface area contributed by atoms with E-state index in [1.165, 1.54) is 6.08 Å². The molecule has 0 saturated heterocycles. The predicted octanol–water partition coefficient (Wildman–Crippen LogP) is 4.33. The van der Waals surface area contributed by atoms with Gasteiger partial charge in [-0.3, -0.25) is 14.4 Å². The van der Waals surface area contributed by atoms with Crippen molar-refractivity contribution in [3.63, 3.8) is 0 Å². The fraction of sp³-hybridized carbons (Fsp3) is 0.219. The summed E-state index contributed by atoms with van der Waals surface area (Å²) < 4.78 is 6.36. The minimum absolute atomic E-state index is 0.153. The molecule has 0 fully saturated rings. The van der Waals surface area contributed by atoms with Crippen LogP contribution in [0, 0.1) is 5.92 Å². The first-order valence-corrected chi connectivity index (χ1v) is 13.0. The van der Waals surface area contributed by atoms with Gasteiger partial charge in [-0.15, -0.1) is 0 Å². The van der Waals surface area contributed by atoms with Gasteiger partial charge < -0.3 is 20.7 Å². The monoisotopic (exact) mass is 523 g/mol. The summed E-state index contributed by atoms with van der Waals surface area (Å²) in [6, 6.07) is 23.9. The Morgan fingerprint density at radius 2 is 1.59 bits per heavy atom. The van der Waals surface area contributed by atoms with Gasteiger partial charge >= 0.3 is 0 Å². The van der Waals surface area contributed by atoms with Gasteiger partial charge in [0.25, 0.3) is 0 Å². The molecule has 3 N–H and O–H groups in total. The van der Waals surface area contributed by atoms with Crippen molar-refractivity contribution in [2.24, 2.45) is 5.92 Å². The average Bonchev–Trinajstić information content (AvgIpc) is 2.94. The molecule has 0 radical (unpaired) electrons. The van der Waals surface area contributed by atoms with E-state index in [9.17, 15) is 14.4 Å². The zero-order chi connectivity index (χ0) is 27.6. The van der Waals surface area contributed by atoms with Crippen molar-refractivity contribution in [2.75, 3.05) is 0 Å². The zero-order valence-corrected chi connectivity index (χ0v) is 22.0. The molecule has 2 aliphatic heterocycles. The number of hydrogen-bond donors (Lipinski definition) is 3. The van der Waals surface area contributed by atoms with Gasteiger partial charge in [0.1, 0.15) is 17.8 Å². The minimum Gasteiger partial charge on any atom is -0.483 e. The lowest BCUT2D eigenvalue weighted by Crippen LogP contribution is -2.56. The van der Waals surface area contributed by atoms with Crippen molar-refractivity contribution >= 4 is 23.8 Å². The third kappa shape index (κ3) is 7.92. The summed E-state index contributed by atoms with van der Waals surface area (Å²) in [5, 5.41) is 8.49. The minimum atomic E-state index is -1.14. The quantitative estimate of drug-likeness (QED) is 0.419. The molecule has 3 atom stereocenters. The number of allylic oxidation sites excluding steroid dienone is 1. The second-order valence-electron chi connectivity index (χ2n) is 9.70. The van der Waals surface area contributed by atoms with Crippen LogP contribution < -0.4 is 20.7 Å². The molecule has 7 nitrogen and oxygen atoms in total. The molecule has 2 bridgehead atoms. The predicted molar refractivity (Wildman–Crippen MR) is 151 cm³/mol. The number of carbonyl (C=O) groups is 3. The first-order chi connectivity index (χ1) is 18.9. The van der Waals surface area contributed by atoms with Gasteiger partial charge in [0, 0.05) is 12.6 Å². The van der Waals surface area contributed by atoms with Crippen molar-refractivity contribution < 1.29 is 19.1 Å². The Kier molecular flexibility index (Phi) is 9.29. The molecule has 0 aromatic heterocycles. The van der Waals surface area contributed by atoms with Crippen LogP contribution in [0.25, 0.3) is 6.08 Å². The lowest BCUT2D eigenvalue weighted by atomic mass is 9.99. The van der Waals surface area contributed by atoms with Gasteiger partial charge in [0.2, 0.25) is 17.7 Å². The summed E-state index contributed by atoms with van der Waals surface area (Å²) in [6.45, 7) is 3.91. The molecule has 0 spiro atoms. The Hall–Kier alpha value is -4.65. The summed E-state index contributed by atoms with van der Waals surface area (Å²) in [7, 11) is 0. The van der Waals surface area contributed by atoms with Crippen LogP contribution in [0.3, 0.4) is 0 Å². The lowest BCUT2D eigenvalue weighted by Gasteiger charge is -2.30. The van der Waals surface area contributed by atoms with Crippen LogP contribution in [-0.4, -0.2) is 29.8 Å². The largest absolute Gasteiger partial charge is 0.483 e. The average molecular weight is 524 g/mol. The van der Waals surface area contributed by atoms with E-state index in [1.807, 2.05) is 86.6 Å². The number of rotatable bonds is 6. The number of ether oxygens (including phenoxy) is 1. The smallest absolute Gasteiger partial charge is 0.247 e. The first kappa shape index (κ1) is 27.4. The van der Waals surface area contributed by atoms with E-state index < -0.39 is 30.0 Å². The number of amides is 3. The van der Waals surface area contributed by atoms with Crippen LogP contribution >= 0.6 is 0 Å². The molecule has 5 rings (SSSR count). The van der Waals surface area contributed by atoms with Gasteiger partial charge in [0.05, 0.1) is 0 Å². The van der Waals surface area contributed by atoms with E-state index in [-0.39, 0.29) is 18.2 Å². The molecule has 200 valence electrons. The number of nitrogens with one attached hydrogen (secondary N) is 3. The maximum Gasteiger partial charge on any atom is 0.247 e. The van der Waals surface area contributed by atoms with E-state index in [0.29, 0.717) is 11.3 Å². The summed E-state index contributed by atoms with van der Waals surface area (Å²) in [4.78, 5) is 40.1. The molecule has 39 heavy (non-hydrogen) atoms. The number of carbonyl (C=O) groups excluding carboxylic acids is 3. The normalized spacial score (nSPS) is 19.7. The highest BCUT2D eigenvalue weighted by Gasteiger charge is 2.35. The van der Waals surface area contributed by atoms with Gasteiger partial charge in [0.15, 0.2) is 6.10 Å². The molecule has 3 unspecified atom stereocenters. The number of benzene rings is 3. The van der Waals surface area contributed by atoms with Crippen molar-refractivity contribution in [1.82, 2.24) is 16.0 Å². The van der Waals surface area contributed by atoms with Crippen LogP contribution in [0.4, 0.5) is 0 Å². The van der Waals surface area contributed by atoms with Gasteiger partial charge in [-0.1, -0.05) is 92.7 Å². The molecular formula is C32H33N3O4. The second kappa shape index (κ2) is 13.2. The van der Waals surface area contributed by atoms with E-state index in [0.717, 1.165) is 11.1 Å². The van der Waals surface area contributed by atoms with E-state index in [4.69, 9.17) is 4.74 Å². The number of fused-ring (bicyclic) bond motifs is 10. The van der Waals surface area contributed by atoms with Crippen LogP contribution in [0.1, 0.15) is 36.6 Å². The Labute approximate surface area is 229 Å². The summed E-state index contributed by atoms with van der Waals surface area (Å²) in [5.41, 5.74) is 2.45. The molecule has 3 aromatic rings. The first-order valence-electron chi connectivity index (χ1n) is 13.0. The Bertz CT molecular complexity index is 1320. The second-order valence-corrected chi connectivity index (χ2v) is 9.70. The maximum absolute atomic E-state index is 13.9. The van der Waals surface area contributed by atoms with Crippen LogP contribution in [-0.2, 0) is 20.8 Å². The van der Waals surface area contributed by atoms with Gasteiger partial charge in [-0.25, -0.2) is 0 Å². The van der Waals surface area contributed by atoms with Crippen LogP contribution in [0.2, 0.25) is 0 Å². The molecule has 0 saturated carbocycles. The summed E-state index contributed by atoms with van der Waals surface area (Å²) in [5.74, 6) is -0.659. The molecule has 2 heterocycles. The van der Waals surface area contributed by atoms with Crippen molar-refractivity contribution in [1.29, 1.82) is 0 Å². The van der Waals surface area contributed by atoms with Crippen molar-refractivity contribution in [2.45, 2.75) is 38.5 Å². The lowest BCUT2D eigenvalue weighted by molar-refractivity contribution is -0.133. The topological polar surface area (TPSA) is 96.5 Å². The molecule has 3 amide bonds. The summed E-state index contributed by atoms with van der Waals surface area (Å²) >= 11 is 0. The SMILES string of the molecule is CC(C)C=CC(=O)NC1C(=O)NC(Cc2ccccc2)C(=O)NC=Cc2ccc(cc2)OC1c1ccccc1. The summed E-state index contributed by atoms with van der Waals surface area (Å²) in [6.07, 6.45) is 5.90. The molecular weight excluding hydrogens is 490 g/mol. The highest BCUT2D eigenvalue weighted by atomic mass is 16.5. The fourth-order valence-corrected chi connectivity index (χ4v) is 4.18. The van der Waals surface area contributed by atoms with Gasteiger partial charge in [-0.2, -0.15) is 0 Å². The van der Waals surface area contributed by atoms with Gasteiger partial charge in [-0.05, 0) is 46.9 Å². The third-order valence-electron chi connectivity index (χ3n) is 6.20. The molecule has 0 aliphatic carbocycles. The van der Waals surface area contributed by atoms with E-state index in [1.54, 1.807) is 30.5 Å². The standard InChI is InChI=1S/C32H33N3O4/c1-22(2)13-18-28(36)35-29-30(25-11-7-4-8-12-25)39-26-16-14-23(15-17-26)19-20-33-31(37)27(34-32(29)38)21-24-9-5-3-6-10-24/h3-20,22,27,29-30H,21H2,1-2H3,(H,33,37)(H,34,38)(H,35,36). The van der Waals surface area contributed by atoms with Crippen LogP contribution in [0.5, 0.6) is 5.75 Å². The molecule has 7 heteroatoms. The Morgan fingerprint density at radius 1 is 0.923 bits per heavy atom. The zero-order valence-electron chi connectivity index (χ0n) is 22.0. The molecule has 3 aromatic carbocycles. The van der Waals surface area contributed by atoms with E-state index in [2.05, 4.69) is 16.0 Å².